The highest BCUT2D eigenvalue weighted by atomic mass is 16.2. The third-order valence-electron chi connectivity index (χ3n) is 5.79. The second-order valence-corrected chi connectivity index (χ2v) is 7.68. The van der Waals surface area contributed by atoms with Crippen LogP contribution in [0.2, 0.25) is 0 Å². The Morgan fingerprint density at radius 2 is 1.96 bits per heavy atom. The Bertz CT molecular complexity index is 1010. The number of aromatic amines is 1. The van der Waals surface area contributed by atoms with Crippen molar-refractivity contribution in [1.82, 2.24) is 25.5 Å². The molecule has 2 N–H and O–H groups in total. The molecule has 1 amide bonds. The molecule has 0 aliphatic heterocycles. The maximum absolute atomic E-state index is 12.8. The molecule has 0 radical (unpaired) electrons. The molecule has 6 nitrogen and oxygen atoms in total. The Hall–Kier alpha value is -3.02. The lowest BCUT2D eigenvalue weighted by Crippen LogP contribution is -2.39. The van der Waals surface area contributed by atoms with Crippen LogP contribution in [-0.4, -0.2) is 32.1 Å². The monoisotopic (exact) mass is 373 g/mol. The summed E-state index contributed by atoms with van der Waals surface area (Å²) in [5.41, 5.74) is 6.07. The molecule has 2 aliphatic carbocycles. The number of rotatable bonds is 3. The highest BCUT2D eigenvalue weighted by Gasteiger charge is 2.26. The molecule has 0 spiro atoms. The number of amides is 1. The molecule has 3 aromatic rings. The summed E-state index contributed by atoms with van der Waals surface area (Å²) in [4.78, 5) is 22.1. The van der Waals surface area contributed by atoms with Crippen molar-refractivity contribution in [2.75, 3.05) is 0 Å². The summed E-state index contributed by atoms with van der Waals surface area (Å²) in [6.07, 6.45) is 8.65. The zero-order chi connectivity index (χ0) is 18.9. The van der Waals surface area contributed by atoms with Gasteiger partial charge in [-0.2, -0.15) is 5.10 Å². The van der Waals surface area contributed by atoms with Crippen LogP contribution in [0.5, 0.6) is 0 Å². The SMILES string of the molecule is O=C(NC1CCc2nc(-c3ccccc3)ncc2C1)c1n[nH]c2c1CCCC2. The lowest BCUT2D eigenvalue weighted by Gasteiger charge is -2.25. The number of hydrogen-bond donors (Lipinski definition) is 2. The van der Waals surface area contributed by atoms with Crippen LogP contribution < -0.4 is 5.32 Å². The van der Waals surface area contributed by atoms with E-state index in [1.807, 2.05) is 36.5 Å². The molecule has 5 rings (SSSR count). The van der Waals surface area contributed by atoms with Gasteiger partial charge in [0.25, 0.3) is 5.91 Å². The van der Waals surface area contributed by atoms with E-state index in [2.05, 4.69) is 20.5 Å². The Morgan fingerprint density at radius 1 is 1.11 bits per heavy atom. The summed E-state index contributed by atoms with van der Waals surface area (Å²) in [5.74, 6) is 0.708. The number of fused-ring (bicyclic) bond motifs is 2. The second kappa shape index (κ2) is 7.19. The molecule has 1 unspecified atom stereocenters. The maximum atomic E-state index is 12.8. The molecule has 28 heavy (non-hydrogen) atoms. The number of nitrogens with zero attached hydrogens (tertiary/aromatic N) is 3. The molecule has 2 aromatic heterocycles. The molecule has 6 heteroatoms. The van der Waals surface area contributed by atoms with Gasteiger partial charge in [-0.1, -0.05) is 30.3 Å². The Balaban J connectivity index is 1.30. The van der Waals surface area contributed by atoms with E-state index < -0.39 is 0 Å². The van der Waals surface area contributed by atoms with Gasteiger partial charge in [0.1, 0.15) is 0 Å². The average molecular weight is 373 g/mol. The van der Waals surface area contributed by atoms with E-state index in [-0.39, 0.29) is 11.9 Å². The Morgan fingerprint density at radius 3 is 2.86 bits per heavy atom. The van der Waals surface area contributed by atoms with Gasteiger partial charge >= 0.3 is 0 Å². The first-order chi connectivity index (χ1) is 13.8. The fraction of sp³-hybridized carbons (Fsp3) is 0.364. The van der Waals surface area contributed by atoms with Crippen LogP contribution in [-0.2, 0) is 25.7 Å². The zero-order valence-corrected chi connectivity index (χ0v) is 15.7. The van der Waals surface area contributed by atoms with Crippen LogP contribution in [0.15, 0.2) is 36.5 Å². The second-order valence-electron chi connectivity index (χ2n) is 7.68. The maximum Gasteiger partial charge on any atom is 0.272 e. The predicted octanol–water partition coefficient (Wildman–Crippen LogP) is 3.03. The van der Waals surface area contributed by atoms with E-state index in [9.17, 15) is 4.79 Å². The van der Waals surface area contributed by atoms with Gasteiger partial charge in [-0.15, -0.1) is 0 Å². The van der Waals surface area contributed by atoms with Gasteiger partial charge in [-0.25, -0.2) is 9.97 Å². The number of carbonyl (C=O) groups excluding carboxylic acids is 1. The van der Waals surface area contributed by atoms with E-state index in [1.54, 1.807) is 0 Å². The molecule has 142 valence electrons. The summed E-state index contributed by atoms with van der Waals surface area (Å²) < 4.78 is 0. The van der Waals surface area contributed by atoms with E-state index in [0.29, 0.717) is 5.69 Å². The standard InChI is InChI=1S/C22H23N5O/c28-22(20-17-8-4-5-9-19(17)26-27-20)24-16-10-11-18-15(12-16)13-23-21(25-18)14-6-2-1-3-7-14/h1-3,6-7,13,16H,4-5,8-12H2,(H,24,28)(H,26,27). The van der Waals surface area contributed by atoms with Gasteiger partial charge in [0.15, 0.2) is 11.5 Å². The van der Waals surface area contributed by atoms with Crippen molar-refractivity contribution >= 4 is 5.91 Å². The molecular weight excluding hydrogens is 350 g/mol. The highest BCUT2D eigenvalue weighted by Crippen LogP contribution is 2.25. The van der Waals surface area contributed by atoms with E-state index >= 15 is 0 Å². The average Bonchev–Trinajstić information content (AvgIpc) is 3.18. The normalized spacial score (nSPS) is 18.2. The number of carbonyl (C=O) groups is 1. The topological polar surface area (TPSA) is 83.6 Å². The van der Waals surface area contributed by atoms with Crippen LogP contribution in [0.3, 0.4) is 0 Å². The number of benzene rings is 1. The molecule has 2 heterocycles. The minimum absolute atomic E-state index is 0.0605. The third-order valence-corrected chi connectivity index (χ3v) is 5.79. The van der Waals surface area contributed by atoms with Gasteiger partial charge in [-0.05, 0) is 50.5 Å². The summed E-state index contributed by atoms with van der Waals surface area (Å²) >= 11 is 0. The molecule has 0 fully saturated rings. The Kier molecular flexibility index (Phi) is 4.39. The third kappa shape index (κ3) is 3.19. The van der Waals surface area contributed by atoms with E-state index in [0.717, 1.165) is 72.4 Å². The molecule has 2 aliphatic rings. The van der Waals surface area contributed by atoms with Gasteiger partial charge in [0.2, 0.25) is 0 Å². The quantitative estimate of drug-likeness (QED) is 0.739. The predicted molar refractivity (Wildman–Crippen MR) is 106 cm³/mol. The highest BCUT2D eigenvalue weighted by molar-refractivity contribution is 5.94. The molecule has 0 saturated heterocycles. The number of aryl methyl sites for hydroxylation is 2. The van der Waals surface area contributed by atoms with Gasteiger partial charge in [0.05, 0.1) is 0 Å². The first-order valence-corrected chi connectivity index (χ1v) is 10.0. The van der Waals surface area contributed by atoms with Crippen LogP contribution in [0, 0.1) is 0 Å². The van der Waals surface area contributed by atoms with Crippen LogP contribution in [0.1, 0.15) is 52.3 Å². The molecule has 0 bridgehead atoms. The van der Waals surface area contributed by atoms with Crippen molar-refractivity contribution in [3.05, 3.63) is 64.7 Å². The minimum atomic E-state index is -0.0605. The lowest BCUT2D eigenvalue weighted by atomic mass is 9.92. The first kappa shape index (κ1) is 17.1. The van der Waals surface area contributed by atoms with Crippen LogP contribution in [0.4, 0.5) is 0 Å². The molecular formula is C22H23N5O. The molecule has 1 atom stereocenters. The van der Waals surface area contributed by atoms with Gasteiger partial charge < -0.3 is 5.32 Å². The molecule has 0 saturated carbocycles. The number of nitrogens with one attached hydrogen (secondary N) is 2. The van der Waals surface area contributed by atoms with E-state index in [4.69, 9.17) is 4.98 Å². The fourth-order valence-corrected chi connectivity index (χ4v) is 4.28. The summed E-state index contributed by atoms with van der Waals surface area (Å²) in [5, 5.41) is 10.5. The lowest BCUT2D eigenvalue weighted by molar-refractivity contribution is 0.0927. The number of H-pyrrole nitrogens is 1. The minimum Gasteiger partial charge on any atom is -0.348 e. The van der Waals surface area contributed by atoms with Gasteiger partial charge in [0, 0.05) is 34.8 Å². The fourth-order valence-electron chi connectivity index (χ4n) is 4.28. The number of aromatic nitrogens is 4. The summed E-state index contributed by atoms with van der Waals surface area (Å²) in [6, 6.07) is 10.1. The van der Waals surface area contributed by atoms with Crippen LogP contribution >= 0.6 is 0 Å². The smallest absolute Gasteiger partial charge is 0.272 e. The van der Waals surface area contributed by atoms with Crippen molar-refractivity contribution in [2.45, 2.75) is 51.0 Å². The number of hydrogen-bond acceptors (Lipinski definition) is 4. The van der Waals surface area contributed by atoms with Crippen molar-refractivity contribution in [1.29, 1.82) is 0 Å². The van der Waals surface area contributed by atoms with Crippen molar-refractivity contribution in [3.63, 3.8) is 0 Å². The zero-order valence-electron chi connectivity index (χ0n) is 15.7. The summed E-state index contributed by atoms with van der Waals surface area (Å²) in [6.45, 7) is 0. The largest absolute Gasteiger partial charge is 0.348 e. The van der Waals surface area contributed by atoms with Crippen molar-refractivity contribution < 1.29 is 4.79 Å². The van der Waals surface area contributed by atoms with Gasteiger partial charge in [-0.3, -0.25) is 9.89 Å². The molecule has 1 aromatic carbocycles. The Labute approximate surface area is 163 Å². The summed E-state index contributed by atoms with van der Waals surface area (Å²) in [7, 11) is 0. The van der Waals surface area contributed by atoms with Crippen LogP contribution in [0.25, 0.3) is 11.4 Å². The van der Waals surface area contributed by atoms with E-state index in [1.165, 1.54) is 6.42 Å². The van der Waals surface area contributed by atoms with Crippen molar-refractivity contribution in [2.24, 2.45) is 0 Å². The first-order valence-electron chi connectivity index (χ1n) is 10.0. The van der Waals surface area contributed by atoms with Crippen molar-refractivity contribution in [3.8, 4) is 11.4 Å².